The molecule has 2 saturated heterocycles. The van der Waals surface area contributed by atoms with Crippen LogP contribution in [0.3, 0.4) is 0 Å². The van der Waals surface area contributed by atoms with Gasteiger partial charge in [-0.05, 0) is 0 Å². The number of phosphoric acid groups is 2. The Labute approximate surface area is 215 Å². The largest absolute Gasteiger partial charge is 0.756 e. The Balaban J connectivity index is 1.39. The number of aromatic amines is 1. The molecule has 0 aliphatic carbocycles. The molecule has 0 saturated carbocycles. The Morgan fingerprint density at radius 2 is 1.72 bits per heavy atom. The van der Waals surface area contributed by atoms with Gasteiger partial charge >= 0.3 is 0 Å². The highest BCUT2D eigenvalue weighted by Crippen LogP contribution is 2.57. The molecule has 23 heteroatoms. The van der Waals surface area contributed by atoms with E-state index in [1.54, 1.807) is 0 Å². The van der Waals surface area contributed by atoms with Crippen molar-refractivity contribution in [2.75, 3.05) is 19.0 Å². The minimum Gasteiger partial charge on any atom is -0.756 e. The summed E-state index contributed by atoms with van der Waals surface area (Å²) in [5.41, 5.74) is 4.45. The number of nitrogen functional groups attached to an aromatic ring is 1. The summed E-state index contributed by atoms with van der Waals surface area (Å²) >= 11 is 0. The van der Waals surface area contributed by atoms with Crippen LogP contribution in [0.15, 0.2) is 11.1 Å². The number of alkyl halides is 1. The third kappa shape index (κ3) is 6.21. The lowest BCUT2D eigenvalue weighted by atomic mass is 10.00. The molecule has 0 bridgehead atoms. The zero-order valence-electron chi connectivity index (χ0n) is 19.2. The van der Waals surface area contributed by atoms with E-state index >= 15 is 0 Å². The lowest BCUT2D eigenvalue weighted by Gasteiger charge is -2.41. The van der Waals surface area contributed by atoms with Gasteiger partial charge in [0.05, 0.1) is 12.9 Å². The minimum atomic E-state index is -5.95. The van der Waals surface area contributed by atoms with E-state index in [9.17, 15) is 53.6 Å². The second-order valence-electron chi connectivity index (χ2n) is 8.37. The fourth-order valence-corrected chi connectivity index (χ4v) is 5.89. The molecule has 2 aliphatic heterocycles. The van der Waals surface area contributed by atoms with Crippen molar-refractivity contribution in [3.05, 3.63) is 16.7 Å². The first-order valence-electron chi connectivity index (χ1n) is 10.8. The van der Waals surface area contributed by atoms with E-state index in [1.165, 1.54) is 0 Å². The van der Waals surface area contributed by atoms with Gasteiger partial charge < -0.3 is 55.1 Å². The number of nitrogens with two attached hydrogens (primary N) is 1. The number of aromatic nitrogens is 4. The molecule has 39 heavy (non-hydrogen) atoms. The number of anilines is 1. The molecular weight excluding hydrogens is 583 g/mol. The third-order valence-electron chi connectivity index (χ3n) is 5.71. The van der Waals surface area contributed by atoms with Crippen molar-refractivity contribution < 1.29 is 71.7 Å². The van der Waals surface area contributed by atoms with Crippen LogP contribution in [0.25, 0.3) is 11.2 Å². The van der Waals surface area contributed by atoms with E-state index in [0.717, 1.165) is 10.9 Å². The van der Waals surface area contributed by atoms with Crippen molar-refractivity contribution in [2.24, 2.45) is 0 Å². The van der Waals surface area contributed by atoms with Crippen LogP contribution in [0.5, 0.6) is 0 Å². The van der Waals surface area contributed by atoms with Gasteiger partial charge in [0.25, 0.3) is 21.2 Å². The second kappa shape index (κ2) is 11.1. The molecule has 0 amide bonds. The summed E-state index contributed by atoms with van der Waals surface area (Å²) in [5.74, 6) is -0.298. The number of aliphatic hydroxyl groups is 5. The summed E-state index contributed by atoms with van der Waals surface area (Å²) in [4.78, 5) is 46.0. The number of aliphatic hydroxyl groups excluding tert-OH is 5. The molecule has 0 radical (unpaired) electrons. The van der Waals surface area contributed by atoms with Crippen LogP contribution in [0.4, 0.5) is 10.3 Å². The van der Waals surface area contributed by atoms with Gasteiger partial charge in [-0.3, -0.25) is 28.0 Å². The van der Waals surface area contributed by atoms with Gasteiger partial charge in [0, 0.05) is 0 Å². The molecule has 2 aromatic heterocycles. The zero-order valence-corrected chi connectivity index (χ0v) is 21.0. The highest BCUT2D eigenvalue weighted by Gasteiger charge is 2.47. The van der Waals surface area contributed by atoms with Crippen molar-refractivity contribution in [3.63, 3.8) is 0 Å². The molecule has 4 heterocycles. The Hall–Kier alpha value is -1.94. The van der Waals surface area contributed by atoms with Crippen LogP contribution >= 0.6 is 15.6 Å². The highest BCUT2D eigenvalue weighted by molar-refractivity contribution is 7.59. The number of ether oxygens (including phenoxy) is 2. The standard InChI is InChI=1S/C16H24FN5O15P2/c17-1-4-7(23)9(25)11(27)15(35-4)36-39(31,32)37-38(29,30)33-2-5-8(24)10(26)14(34-5)22-3-19-6-12(22)20-16(18)21-13(6)28/h3-5,7-11,14-15,23-27H,1-2H2,(H,29,30)(H,31,32)(H3,18,20,21,28)/p-2/t4-,5+,7+,8+,9+,10+,11-,14+,15+/m0/s1. The number of halogens is 1. The predicted octanol–water partition coefficient (Wildman–Crippen LogP) is -4.92. The number of hydrogen-bond acceptors (Lipinski definition) is 18. The normalized spacial score (nSPS) is 36.6. The minimum absolute atomic E-state index is 0.143. The summed E-state index contributed by atoms with van der Waals surface area (Å²) in [7, 11) is -11.8. The van der Waals surface area contributed by atoms with Crippen molar-refractivity contribution in [1.82, 2.24) is 19.5 Å². The second-order valence-corrected chi connectivity index (χ2v) is 11.3. The van der Waals surface area contributed by atoms with Crippen molar-refractivity contribution in [3.8, 4) is 0 Å². The number of imidazole rings is 1. The van der Waals surface area contributed by atoms with Gasteiger partial charge in [-0.2, -0.15) is 4.98 Å². The first-order valence-corrected chi connectivity index (χ1v) is 13.7. The molecule has 2 aromatic rings. The number of fused-ring (bicyclic) bond motifs is 1. The zero-order chi connectivity index (χ0) is 28.9. The highest BCUT2D eigenvalue weighted by atomic mass is 31.3. The van der Waals surface area contributed by atoms with Crippen LogP contribution in [0, 0.1) is 0 Å². The lowest BCUT2D eigenvalue weighted by Crippen LogP contribution is -2.58. The number of nitrogens with one attached hydrogen (secondary N) is 1. The first-order chi connectivity index (χ1) is 18.1. The molecular formula is C16H22FN5O15P2-2. The molecule has 220 valence electrons. The summed E-state index contributed by atoms with van der Waals surface area (Å²) < 4.78 is 60.8. The smallest absolute Gasteiger partial charge is 0.280 e. The Kier molecular flexibility index (Phi) is 8.58. The lowest BCUT2D eigenvalue weighted by molar-refractivity contribution is -0.303. The van der Waals surface area contributed by atoms with Gasteiger partial charge in [-0.25, -0.2) is 13.7 Å². The average Bonchev–Trinajstić information content (AvgIpc) is 3.38. The monoisotopic (exact) mass is 605 g/mol. The molecule has 2 aliphatic rings. The van der Waals surface area contributed by atoms with E-state index in [-0.39, 0.29) is 17.1 Å². The number of rotatable bonds is 9. The fourth-order valence-electron chi connectivity index (χ4n) is 3.81. The fraction of sp³-hybridized carbons (Fsp3) is 0.688. The molecule has 4 rings (SSSR count). The SMILES string of the molecule is Nc1nc2c(ncn2[C@@H]2O[C@H](COP(=O)([O-])OP(=O)([O-])O[C@H]3O[C@@H](CF)[C@@H](O)[C@@H](O)[C@@H]3O)[C@@H](O)[C@H]2O)c(=O)[nH]1. The van der Waals surface area contributed by atoms with E-state index in [0.29, 0.717) is 0 Å². The maximum absolute atomic E-state index is 12.9. The van der Waals surface area contributed by atoms with E-state index < -0.39 is 89.7 Å². The molecule has 0 spiro atoms. The Morgan fingerprint density at radius 3 is 2.38 bits per heavy atom. The van der Waals surface area contributed by atoms with Gasteiger partial charge in [-0.15, -0.1) is 0 Å². The van der Waals surface area contributed by atoms with E-state index in [1.807, 2.05) is 0 Å². The number of H-pyrrole nitrogens is 1. The van der Waals surface area contributed by atoms with Gasteiger partial charge in [0.15, 0.2) is 23.7 Å². The first kappa shape index (κ1) is 30.0. The number of nitrogens with zero attached hydrogens (tertiary/aromatic N) is 3. The van der Waals surface area contributed by atoms with Gasteiger partial charge in [0.1, 0.15) is 49.4 Å². The molecule has 2 unspecified atom stereocenters. The van der Waals surface area contributed by atoms with Crippen LogP contribution < -0.4 is 21.1 Å². The van der Waals surface area contributed by atoms with Gasteiger partial charge in [0.2, 0.25) is 5.95 Å². The molecule has 20 nitrogen and oxygen atoms in total. The van der Waals surface area contributed by atoms with Crippen LogP contribution in [0.1, 0.15) is 6.23 Å². The van der Waals surface area contributed by atoms with Crippen LogP contribution in [0.2, 0.25) is 0 Å². The maximum Gasteiger partial charge on any atom is 0.280 e. The van der Waals surface area contributed by atoms with Crippen molar-refractivity contribution in [1.29, 1.82) is 0 Å². The Bertz CT molecular complexity index is 1340. The maximum atomic E-state index is 12.9. The Morgan fingerprint density at radius 1 is 1.05 bits per heavy atom. The van der Waals surface area contributed by atoms with E-state index in [4.69, 9.17) is 10.5 Å². The summed E-state index contributed by atoms with van der Waals surface area (Å²) in [5, 5.41) is 49.7. The van der Waals surface area contributed by atoms with Crippen molar-refractivity contribution >= 4 is 32.8 Å². The van der Waals surface area contributed by atoms with Gasteiger partial charge in [-0.1, -0.05) is 0 Å². The van der Waals surface area contributed by atoms with Crippen LogP contribution in [-0.2, 0) is 32.0 Å². The molecule has 11 atom stereocenters. The quantitative estimate of drug-likeness (QED) is 0.132. The molecule has 2 fully saturated rings. The molecule has 0 aromatic carbocycles. The van der Waals surface area contributed by atoms with Crippen LogP contribution in [-0.4, -0.2) is 107 Å². The summed E-state index contributed by atoms with van der Waals surface area (Å²) in [6.45, 7) is -2.53. The molecule has 8 N–H and O–H groups in total. The average molecular weight is 605 g/mol. The topological polar surface area (TPSA) is 317 Å². The summed E-state index contributed by atoms with van der Waals surface area (Å²) in [6.07, 6.45) is -16.1. The predicted molar refractivity (Wildman–Crippen MR) is 114 cm³/mol. The third-order valence-corrected chi connectivity index (χ3v) is 8.24. The summed E-state index contributed by atoms with van der Waals surface area (Å²) in [6, 6.07) is 0. The number of hydrogen-bond donors (Lipinski definition) is 7. The number of phosphoric ester groups is 2. The van der Waals surface area contributed by atoms with E-state index in [2.05, 4.69) is 33.0 Å². The van der Waals surface area contributed by atoms with Crippen molar-refractivity contribution in [2.45, 2.75) is 55.2 Å².